The fourth-order valence-electron chi connectivity index (χ4n) is 1.18. The van der Waals surface area contributed by atoms with Crippen LogP contribution in [0.2, 0.25) is 0 Å². The van der Waals surface area contributed by atoms with Crippen molar-refractivity contribution in [1.82, 2.24) is 4.90 Å². The molecule has 0 aliphatic heterocycles. The van der Waals surface area contributed by atoms with E-state index in [9.17, 15) is 4.39 Å². The number of rotatable bonds is 3. The number of halogens is 1. The van der Waals surface area contributed by atoms with Gasteiger partial charge in [-0.15, -0.1) is 0 Å². The molecule has 0 aromatic heterocycles. The summed E-state index contributed by atoms with van der Waals surface area (Å²) in [5, 5.41) is 0. The molecule has 0 N–H and O–H groups in total. The van der Waals surface area contributed by atoms with Crippen molar-refractivity contribution in [3.63, 3.8) is 0 Å². The summed E-state index contributed by atoms with van der Waals surface area (Å²) in [4.78, 5) is 1.89. The van der Waals surface area contributed by atoms with E-state index in [0.717, 1.165) is 5.56 Å². The van der Waals surface area contributed by atoms with E-state index < -0.39 is 6.17 Å². The number of benzene rings is 1. The number of likely N-dealkylation sites (N-methyl/N-ethyl adjacent to an activating group) is 1. The average Bonchev–Trinajstić information content (AvgIpc) is 2.17. The first-order valence-electron chi connectivity index (χ1n) is 4.48. The van der Waals surface area contributed by atoms with E-state index in [4.69, 9.17) is 0 Å². The van der Waals surface area contributed by atoms with E-state index in [1.54, 1.807) is 0 Å². The largest absolute Gasteiger partial charge is 0.303 e. The summed E-state index contributed by atoms with van der Waals surface area (Å²) >= 11 is 0. The Labute approximate surface area is 79.2 Å². The van der Waals surface area contributed by atoms with Crippen molar-refractivity contribution in [3.05, 3.63) is 35.9 Å². The molecule has 0 aliphatic carbocycles. The van der Waals surface area contributed by atoms with Crippen LogP contribution in [0.15, 0.2) is 30.3 Å². The predicted octanol–water partition coefficient (Wildman–Crippen LogP) is 2.65. The van der Waals surface area contributed by atoms with Crippen molar-refractivity contribution in [2.45, 2.75) is 19.1 Å². The Morgan fingerprint density at radius 1 is 1.15 bits per heavy atom. The fraction of sp³-hybridized carbons (Fsp3) is 0.455. The molecule has 0 bridgehead atoms. The molecule has 0 spiro atoms. The van der Waals surface area contributed by atoms with E-state index in [1.807, 2.05) is 56.3 Å². The van der Waals surface area contributed by atoms with Crippen molar-refractivity contribution in [2.75, 3.05) is 14.1 Å². The van der Waals surface area contributed by atoms with Gasteiger partial charge in [0, 0.05) is 6.04 Å². The summed E-state index contributed by atoms with van der Waals surface area (Å²) in [5.74, 6) is 0. The zero-order valence-electron chi connectivity index (χ0n) is 8.37. The SMILES string of the molecule is CC(C(F)c1ccccc1)N(C)C. The highest BCUT2D eigenvalue weighted by Crippen LogP contribution is 2.22. The molecule has 0 fully saturated rings. The summed E-state index contributed by atoms with van der Waals surface area (Å²) in [6, 6.07) is 9.20. The van der Waals surface area contributed by atoms with Gasteiger partial charge in [-0.1, -0.05) is 30.3 Å². The molecule has 0 radical (unpaired) electrons. The smallest absolute Gasteiger partial charge is 0.140 e. The van der Waals surface area contributed by atoms with Crippen LogP contribution in [-0.2, 0) is 0 Å². The molecule has 2 heteroatoms. The summed E-state index contributed by atoms with van der Waals surface area (Å²) in [5.41, 5.74) is 0.753. The second-order valence-electron chi connectivity index (χ2n) is 3.52. The maximum atomic E-state index is 13.7. The maximum absolute atomic E-state index is 13.7. The Bertz CT molecular complexity index is 246. The number of hydrogen-bond donors (Lipinski definition) is 0. The molecule has 1 aromatic rings. The van der Waals surface area contributed by atoms with Crippen LogP contribution in [0.3, 0.4) is 0 Å². The summed E-state index contributed by atoms with van der Waals surface area (Å²) < 4.78 is 13.7. The molecule has 0 saturated heterocycles. The van der Waals surface area contributed by atoms with Gasteiger partial charge >= 0.3 is 0 Å². The lowest BCUT2D eigenvalue weighted by atomic mass is 10.0. The van der Waals surface area contributed by atoms with Crippen LogP contribution in [0.1, 0.15) is 18.7 Å². The molecule has 0 amide bonds. The molecule has 0 aliphatic rings. The van der Waals surface area contributed by atoms with E-state index in [-0.39, 0.29) is 6.04 Å². The number of alkyl halides is 1. The van der Waals surface area contributed by atoms with Gasteiger partial charge in [0.2, 0.25) is 0 Å². The second-order valence-corrected chi connectivity index (χ2v) is 3.52. The number of hydrogen-bond acceptors (Lipinski definition) is 1. The molecular formula is C11H16FN. The normalized spacial score (nSPS) is 15.8. The van der Waals surface area contributed by atoms with Crippen molar-refractivity contribution < 1.29 is 4.39 Å². The van der Waals surface area contributed by atoms with Gasteiger partial charge in [-0.25, -0.2) is 4.39 Å². The molecular weight excluding hydrogens is 165 g/mol. The lowest BCUT2D eigenvalue weighted by Crippen LogP contribution is -2.29. The molecule has 2 atom stereocenters. The van der Waals surface area contributed by atoms with Crippen LogP contribution < -0.4 is 0 Å². The Hall–Kier alpha value is -0.890. The first-order valence-corrected chi connectivity index (χ1v) is 4.48. The first-order chi connectivity index (χ1) is 6.13. The van der Waals surface area contributed by atoms with Gasteiger partial charge in [-0.3, -0.25) is 0 Å². The number of nitrogens with zero attached hydrogens (tertiary/aromatic N) is 1. The standard InChI is InChI=1S/C11H16FN/c1-9(13(2)3)11(12)10-7-5-4-6-8-10/h4-9,11H,1-3H3. The fourth-order valence-corrected chi connectivity index (χ4v) is 1.18. The predicted molar refractivity (Wildman–Crippen MR) is 53.4 cm³/mol. The van der Waals surface area contributed by atoms with Crippen molar-refractivity contribution in [2.24, 2.45) is 0 Å². The third kappa shape index (κ3) is 2.52. The molecule has 1 aromatic carbocycles. The van der Waals surface area contributed by atoms with Crippen LogP contribution in [0.4, 0.5) is 4.39 Å². The van der Waals surface area contributed by atoms with E-state index in [0.29, 0.717) is 0 Å². The van der Waals surface area contributed by atoms with Crippen LogP contribution in [0.25, 0.3) is 0 Å². The van der Waals surface area contributed by atoms with Gasteiger partial charge in [0.25, 0.3) is 0 Å². The molecule has 0 heterocycles. The minimum atomic E-state index is -0.906. The Morgan fingerprint density at radius 2 is 1.69 bits per heavy atom. The minimum Gasteiger partial charge on any atom is -0.303 e. The monoisotopic (exact) mass is 181 g/mol. The second kappa shape index (κ2) is 4.38. The van der Waals surface area contributed by atoms with Crippen molar-refractivity contribution in [3.8, 4) is 0 Å². The summed E-state index contributed by atoms with van der Waals surface area (Å²) in [7, 11) is 3.78. The Kier molecular flexibility index (Phi) is 3.43. The molecule has 1 nitrogen and oxygen atoms in total. The summed E-state index contributed by atoms with van der Waals surface area (Å²) in [6.45, 7) is 1.89. The zero-order chi connectivity index (χ0) is 9.84. The Morgan fingerprint density at radius 3 is 2.15 bits per heavy atom. The molecule has 0 saturated carbocycles. The van der Waals surface area contributed by atoms with Gasteiger partial charge in [-0.2, -0.15) is 0 Å². The van der Waals surface area contributed by atoms with Crippen molar-refractivity contribution >= 4 is 0 Å². The Balaban J connectivity index is 2.73. The maximum Gasteiger partial charge on any atom is 0.140 e. The van der Waals surface area contributed by atoms with Crippen LogP contribution >= 0.6 is 0 Å². The highest BCUT2D eigenvalue weighted by molar-refractivity contribution is 5.18. The summed E-state index contributed by atoms with van der Waals surface area (Å²) in [6.07, 6.45) is -0.906. The van der Waals surface area contributed by atoms with Gasteiger partial charge in [-0.05, 0) is 26.6 Å². The van der Waals surface area contributed by atoms with Gasteiger partial charge in [0.05, 0.1) is 0 Å². The third-order valence-corrected chi connectivity index (χ3v) is 2.36. The first kappa shape index (κ1) is 10.2. The van der Waals surface area contributed by atoms with Crippen LogP contribution in [-0.4, -0.2) is 25.0 Å². The lowest BCUT2D eigenvalue weighted by Gasteiger charge is -2.23. The van der Waals surface area contributed by atoms with E-state index >= 15 is 0 Å². The third-order valence-electron chi connectivity index (χ3n) is 2.36. The molecule has 13 heavy (non-hydrogen) atoms. The van der Waals surface area contributed by atoms with Gasteiger partial charge in [0.15, 0.2) is 0 Å². The highest BCUT2D eigenvalue weighted by Gasteiger charge is 2.19. The molecule has 72 valence electrons. The van der Waals surface area contributed by atoms with Crippen LogP contribution in [0.5, 0.6) is 0 Å². The lowest BCUT2D eigenvalue weighted by molar-refractivity contribution is 0.174. The van der Waals surface area contributed by atoms with Gasteiger partial charge < -0.3 is 4.90 Å². The van der Waals surface area contributed by atoms with Crippen molar-refractivity contribution in [1.29, 1.82) is 0 Å². The molecule has 1 rings (SSSR count). The minimum absolute atomic E-state index is 0.0811. The van der Waals surface area contributed by atoms with E-state index in [1.165, 1.54) is 0 Å². The topological polar surface area (TPSA) is 3.24 Å². The zero-order valence-corrected chi connectivity index (χ0v) is 8.37. The molecule has 2 unspecified atom stereocenters. The quantitative estimate of drug-likeness (QED) is 0.693. The van der Waals surface area contributed by atoms with Crippen LogP contribution in [0, 0.1) is 0 Å². The van der Waals surface area contributed by atoms with Gasteiger partial charge in [0.1, 0.15) is 6.17 Å². The highest BCUT2D eigenvalue weighted by atomic mass is 19.1. The average molecular weight is 181 g/mol. The van der Waals surface area contributed by atoms with E-state index in [2.05, 4.69) is 0 Å².